The van der Waals surface area contributed by atoms with E-state index >= 15 is 0 Å². The summed E-state index contributed by atoms with van der Waals surface area (Å²) in [6.07, 6.45) is 0. The Morgan fingerprint density at radius 2 is 2.07 bits per heavy atom. The molecule has 0 radical (unpaired) electrons. The Labute approximate surface area is 97.0 Å². The number of nitrogens with one attached hydrogen (secondary N) is 1. The molecule has 0 atom stereocenters. The molecule has 0 fully saturated rings. The molecule has 0 unspecified atom stereocenters. The SMILES string of the molecule is CC(C)(N)C(=O)Nc1cc(Cl)nc(Cl)n1. The maximum Gasteiger partial charge on any atom is 0.245 e. The van der Waals surface area contributed by atoms with E-state index in [9.17, 15) is 4.79 Å². The molecule has 3 N–H and O–H groups in total. The van der Waals surface area contributed by atoms with Gasteiger partial charge in [0.15, 0.2) is 0 Å². The first kappa shape index (κ1) is 12.2. The van der Waals surface area contributed by atoms with Gasteiger partial charge in [-0.3, -0.25) is 4.79 Å². The zero-order valence-corrected chi connectivity index (χ0v) is 9.73. The van der Waals surface area contributed by atoms with Gasteiger partial charge in [0.25, 0.3) is 0 Å². The third-order valence-electron chi connectivity index (χ3n) is 1.49. The number of halogens is 2. The first-order valence-electron chi connectivity index (χ1n) is 4.09. The number of carbonyl (C=O) groups excluding carboxylic acids is 1. The van der Waals surface area contributed by atoms with Gasteiger partial charge >= 0.3 is 0 Å². The Morgan fingerprint density at radius 1 is 1.47 bits per heavy atom. The molecule has 1 aromatic heterocycles. The van der Waals surface area contributed by atoms with Crippen LogP contribution in [-0.4, -0.2) is 21.4 Å². The van der Waals surface area contributed by atoms with E-state index in [-0.39, 0.29) is 22.2 Å². The number of hydrogen-bond donors (Lipinski definition) is 2. The van der Waals surface area contributed by atoms with Crippen LogP contribution in [0, 0.1) is 0 Å². The summed E-state index contributed by atoms with van der Waals surface area (Å²) in [7, 11) is 0. The van der Waals surface area contributed by atoms with E-state index in [0.717, 1.165) is 0 Å². The maximum absolute atomic E-state index is 11.5. The number of rotatable bonds is 2. The van der Waals surface area contributed by atoms with E-state index in [1.165, 1.54) is 6.07 Å². The first-order chi connectivity index (χ1) is 6.79. The Balaban J connectivity index is 2.86. The lowest BCUT2D eigenvalue weighted by atomic mass is 10.1. The van der Waals surface area contributed by atoms with Crippen LogP contribution < -0.4 is 11.1 Å². The minimum absolute atomic E-state index is 0.0346. The van der Waals surface area contributed by atoms with Gasteiger partial charge < -0.3 is 11.1 Å². The van der Waals surface area contributed by atoms with Crippen LogP contribution in [0.2, 0.25) is 10.4 Å². The molecule has 5 nitrogen and oxygen atoms in total. The summed E-state index contributed by atoms with van der Waals surface area (Å²) in [5.41, 5.74) is 4.59. The van der Waals surface area contributed by atoms with Crippen LogP contribution in [0.4, 0.5) is 5.82 Å². The quantitative estimate of drug-likeness (QED) is 0.614. The molecule has 82 valence electrons. The fourth-order valence-corrected chi connectivity index (χ4v) is 1.14. The molecule has 1 rings (SSSR count). The summed E-state index contributed by atoms with van der Waals surface area (Å²) in [4.78, 5) is 18.9. The van der Waals surface area contributed by atoms with Crippen molar-refractivity contribution in [2.45, 2.75) is 19.4 Å². The smallest absolute Gasteiger partial charge is 0.245 e. The number of nitrogens with zero attached hydrogens (tertiary/aromatic N) is 2. The van der Waals surface area contributed by atoms with E-state index in [4.69, 9.17) is 28.9 Å². The molecule has 1 aromatic rings. The van der Waals surface area contributed by atoms with Gasteiger partial charge in [-0.25, -0.2) is 9.97 Å². The first-order valence-corrected chi connectivity index (χ1v) is 4.85. The van der Waals surface area contributed by atoms with E-state index < -0.39 is 5.54 Å². The lowest BCUT2D eigenvalue weighted by Crippen LogP contribution is -2.45. The predicted molar refractivity (Wildman–Crippen MR) is 58.9 cm³/mol. The Hall–Kier alpha value is -0.910. The number of hydrogen-bond acceptors (Lipinski definition) is 4. The molecule has 0 aliphatic carbocycles. The highest BCUT2D eigenvalue weighted by atomic mass is 35.5. The molecular formula is C8H10Cl2N4O. The molecule has 15 heavy (non-hydrogen) atoms. The summed E-state index contributed by atoms with van der Waals surface area (Å²) in [5, 5.41) is 2.60. The van der Waals surface area contributed by atoms with Crippen LogP contribution in [0.1, 0.15) is 13.8 Å². The van der Waals surface area contributed by atoms with Gasteiger partial charge in [-0.05, 0) is 25.4 Å². The average Bonchev–Trinajstić information content (AvgIpc) is 1.99. The van der Waals surface area contributed by atoms with Crippen LogP contribution in [0.3, 0.4) is 0 Å². The fourth-order valence-electron chi connectivity index (χ4n) is 0.731. The minimum atomic E-state index is -0.996. The highest BCUT2D eigenvalue weighted by Crippen LogP contribution is 2.15. The fraction of sp³-hybridized carbons (Fsp3) is 0.375. The van der Waals surface area contributed by atoms with Crippen molar-refractivity contribution in [1.82, 2.24) is 9.97 Å². The maximum atomic E-state index is 11.5. The van der Waals surface area contributed by atoms with Crippen molar-refractivity contribution in [3.63, 3.8) is 0 Å². The number of aromatic nitrogens is 2. The summed E-state index contributed by atoms with van der Waals surface area (Å²) in [6.45, 7) is 3.15. The molecule has 0 aliphatic heterocycles. The van der Waals surface area contributed by atoms with E-state index in [0.29, 0.717) is 0 Å². The van der Waals surface area contributed by atoms with Gasteiger partial charge in [-0.1, -0.05) is 11.6 Å². The van der Waals surface area contributed by atoms with Crippen molar-refractivity contribution >= 4 is 34.9 Å². The molecule has 0 aliphatic rings. The molecule has 7 heteroatoms. The molecule has 0 spiro atoms. The number of anilines is 1. The van der Waals surface area contributed by atoms with E-state index in [1.807, 2.05) is 0 Å². The zero-order valence-electron chi connectivity index (χ0n) is 8.21. The Morgan fingerprint density at radius 3 is 2.53 bits per heavy atom. The third kappa shape index (κ3) is 3.62. The van der Waals surface area contributed by atoms with Crippen LogP contribution in [0.15, 0.2) is 6.07 Å². The molecule has 0 saturated heterocycles. The van der Waals surface area contributed by atoms with Crippen LogP contribution in [0.5, 0.6) is 0 Å². The molecule has 1 amide bonds. The van der Waals surface area contributed by atoms with Crippen LogP contribution in [0.25, 0.3) is 0 Å². The van der Waals surface area contributed by atoms with Crippen molar-refractivity contribution < 1.29 is 4.79 Å². The summed E-state index contributed by atoms with van der Waals surface area (Å²) < 4.78 is 0. The largest absolute Gasteiger partial charge is 0.318 e. The standard InChI is InChI=1S/C8H10Cl2N4O/c1-8(2,11)6(15)13-5-3-4(9)12-7(10)14-5/h3H,11H2,1-2H3,(H,12,13,14,15). The van der Waals surface area contributed by atoms with E-state index in [1.54, 1.807) is 13.8 Å². The highest BCUT2D eigenvalue weighted by molar-refractivity contribution is 6.32. The second-order valence-corrected chi connectivity index (χ2v) is 4.25. The van der Waals surface area contributed by atoms with Gasteiger partial charge in [-0.15, -0.1) is 0 Å². The Bertz CT molecular complexity index is 368. The number of carbonyl (C=O) groups is 1. The molecule has 0 bridgehead atoms. The summed E-state index contributed by atoms with van der Waals surface area (Å²) in [5.74, 6) is -0.156. The van der Waals surface area contributed by atoms with Crippen molar-refractivity contribution in [3.05, 3.63) is 16.5 Å². The van der Waals surface area contributed by atoms with Crippen molar-refractivity contribution in [3.8, 4) is 0 Å². The van der Waals surface area contributed by atoms with Crippen molar-refractivity contribution in [2.75, 3.05) is 5.32 Å². The van der Waals surface area contributed by atoms with Crippen molar-refractivity contribution in [1.29, 1.82) is 0 Å². The lowest BCUT2D eigenvalue weighted by Gasteiger charge is -2.17. The monoisotopic (exact) mass is 248 g/mol. The topological polar surface area (TPSA) is 80.9 Å². The number of amides is 1. The van der Waals surface area contributed by atoms with Gasteiger partial charge in [0, 0.05) is 6.07 Å². The molecule has 0 aromatic carbocycles. The second kappa shape index (κ2) is 4.30. The molecule has 1 heterocycles. The highest BCUT2D eigenvalue weighted by Gasteiger charge is 2.22. The van der Waals surface area contributed by atoms with E-state index in [2.05, 4.69) is 15.3 Å². The molecule has 0 saturated carbocycles. The molecular weight excluding hydrogens is 239 g/mol. The minimum Gasteiger partial charge on any atom is -0.318 e. The van der Waals surface area contributed by atoms with Gasteiger partial charge in [-0.2, -0.15) is 0 Å². The summed E-state index contributed by atoms with van der Waals surface area (Å²) >= 11 is 11.2. The van der Waals surface area contributed by atoms with Gasteiger partial charge in [0.05, 0.1) is 5.54 Å². The third-order valence-corrected chi connectivity index (χ3v) is 1.86. The van der Waals surface area contributed by atoms with Gasteiger partial charge in [0.1, 0.15) is 11.0 Å². The Kier molecular flexibility index (Phi) is 3.49. The van der Waals surface area contributed by atoms with Crippen LogP contribution in [-0.2, 0) is 4.79 Å². The van der Waals surface area contributed by atoms with Crippen molar-refractivity contribution in [2.24, 2.45) is 5.73 Å². The lowest BCUT2D eigenvalue weighted by molar-refractivity contribution is -0.120. The summed E-state index contributed by atoms with van der Waals surface area (Å²) in [6, 6.07) is 1.39. The normalized spacial score (nSPS) is 11.3. The zero-order chi connectivity index (χ0) is 11.6. The number of nitrogens with two attached hydrogens (primary N) is 1. The predicted octanol–water partition coefficient (Wildman–Crippen LogP) is 1.46. The average molecular weight is 249 g/mol. The van der Waals surface area contributed by atoms with Gasteiger partial charge in [0.2, 0.25) is 11.2 Å². The second-order valence-electron chi connectivity index (χ2n) is 3.52. The van der Waals surface area contributed by atoms with Crippen LogP contribution >= 0.6 is 23.2 Å².